The first-order valence-electron chi connectivity index (χ1n) is 10.5. The number of benzene rings is 3. The highest BCUT2D eigenvalue weighted by Crippen LogP contribution is 2.16. The van der Waals surface area contributed by atoms with Crippen LogP contribution in [0.15, 0.2) is 78.9 Å². The van der Waals surface area contributed by atoms with Gasteiger partial charge in [0.2, 0.25) is 5.91 Å². The zero-order valence-electron chi connectivity index (χ0n) is 18.4. The Labute approximate surface area is 196 Å². The molecule has 0 unspecified atom stereocenters. The van der Waals surface area contributed by atoms with Crippen LogP contribution in [-0.4, -0.2) is 24.6 Å². The number of halogens is 1. The number of hydrogen-bond acceptors (Lipinski definition) is 5. The van der Waals surface area contributed by atoms with Crippen molar-refractivity contribution < 1.29 is 28.2 Å². The maximum Gasteiger partial charge on any atom is 0.513 e. The first kappa shape index (κ1) is 24.2. The summed E-state index contributed by atoms with van der Waals surface area (Å²) in [5, 5.41) is 5.49. The summed E-state index contributed by atoms with van der Waals surface area (Å²) in [6, 6.07) is 19.2. The molecular formula is C26H23FN2O5. The van der Waals surface area contributed by atoms with Crippen LogP contribution in [0.4, 0.5) is 14.9 Å². The van der Waals surface area contributed by atoms with Crippen LogP contribution in [0.5, 0.6) is 5.75 Å². The molecule has 0 aliphatic carbocycles. The largest absolute Gasteiger partial charge is 0.513 e. The fraction of sp³-hybridized carbons (Fsp3) is 0.115. The quantitative estimate of drug-likeness (QED) is 0.281. The highest BCUT2D eigenvalue weighted by Gasteiger charge is 2.09. The first-order chi connectivity index (χ1) is 16.4. The molecule has 0 radical (unpaired) electrons. The monoisotopic (exact) mass is 462 g/mol. The number of nitrogens with one attached hydrogen (secondary N) is 2. The van der Waals surface area contributed by atoms with Crippen LogP contribution in [0.3, 0.4) is 0 Å². The lowest BCUT2D eigenvalue weighted by atomic mass is 10.1. The van der Waals surface area contributed by atoms with Gasteiger partial charge in [0, 0.05) is 29.4 Å². The molecule has 0 heterocycles. The zero-order chi connectivity index (χ0) is 24.3. The molecule has 3 rings (SSSR count). The van der Waals surface area contributed by atoms with Crippen molar-refractivity contribution >= 4 is 29.7 Å². The van der Waals surface area contributed by atoms with Gasteiger partial charge < -0.3 is 20.1 Å². The van der Waals surface area contributed by atoms with E-state index in [2.05, 4.69) is 10.6 Å². The van der Waals surface area contributed by atoms with E-state index in [-0.39, 0.29) is 30.7 Å². The van der Waals surface area contributed by atoms with Crippen molar-refractivity contribution in [3.05, 3.63) is 101 Å². The van der Waals surface area contributed by atoms with Gasteiger partial charge in [0.05, 0.1) is 6.61 Å². The van der Waals surface area contributed by atoms with Gasteiger partial charge in [0.1, 0.15) is 11.6 Å². The molecule has 0 aliphatic rings. The third-order valence-electron chi connectivity index (χ3n) is 4.58. The summed E-state index contributed by atoms with van der Waals surface area (Å²) in [5.74, 6) is -0.812. The topological polar surface area (TPSA) is 93.7 Å². The molecule has 0 aliphatic heterocycles. The van der Waals surface area contributed by atoms with Crippen molar-refractivity contribution in [1.82, 2.24) is 5.32 Å². The molecule has 7 nitrogen and oxygen atoms in total. The van der Waals surface area contributed by atoms with E-state index in [1.807, 2.05) is 0 Å². The van der Waals surface area contributed by atoms with Crippen molar-refractivity contribution in [2.24, 2.45) is 0 Å². The molecule has 0 saturated carbocycles. The van der Waals surface area contributed by atoms with Crippen molar-refractivity contribution in [2.45, 2.75) is 13.5 Å². The Hall–Kier alpha value is -4.46. The van der Waals surface area contributed by atoms with E-state index >= 15 is 0 Å². The van der Waals surface area contributed by atoms with Crippen molar-refractivity contribution in [3.8, 4) is 5.75 Å². The molecule has 0 aromatic heterocycles. The standard InChI is InChI=1S/C26H23FN2O5/c1-2-33-26(32)34-22-14-9-20(10-15-22)25(31)29-21-12-7-18(8-13-21)17-28-24(30)16-11-19-5-3-4-6-23(19)27/h3-16H,2,17H2,1H3,(H,28,30)(H,29,31)/b16-11+. The van der Waals surface area contributed by atoms with E-state index < -0.39 is 12.0 Å². The minimum atomic E-state index is -0.808. The molecule has 3 aromatic carbocycles. The van der Waals surface area contributed by atoms with E-state index in [9.17, 15) is 18.8 Å². The third kappa shape index (κ3) is 7.30. The van der Waals surface area contributed by atoms with Gasteiger partial charge in [-0.3, -0.25) is 9.59 Å². The molecule has 2 amide bonds. The summed E-state index contributed by atoms with van der Waals surface area (Å²) in [4.78, 5) is 35.7. The second kappa shape index (κ2) is 12.0. The summed E-state index contributed by atoms with van der Waals surface area (Å²) in [6.45, 7) is 2.15. The second-order valence-corrected chi connectivity index (χ2v) is 7.03. The lowest BCUT2D eigenvalue weighted by molar-refractivity contribution is -0.116. The van der Waals surface area contributed by atoms with Crippen LogP contribution in [0.1, 0.15) is 28.4 Å². The van der Waals surface area contributed by atoms with Crippen LogP contribution in [0, 0.1) is 5.82 Å². The molecule has 0 fully saturated rings. The summed E-state index contributed by atoms with van der Waals surface area (Å²) >= 11 is 0. The number of ether oxygens (including phenoxy) is 2. The maximum atomic E-state index is 13.6. The SMILES string of the molecule is CCOC(=O)Oc1ccc(C(=O)Nc2ccc(CNC(=O)/C=C/c3ccccc3F)cc2)cc1. The number of anilines is 1. The van der Waals surface area contributed by atoms with Crippen LogP contribution in [0.2, 0.25) is 0 Å². The fourth-order valence-electron chi connectivity index (χ4n) is 2.85. The summed E-state index contributed by atoms with van der Waals surface area (Å²) in [5.41, 5.74) is 2.12. The van der Waals surface area contributed by atoms with Gasteiger partial charge in [-0.2, -0.15) is 0 Å². The Bertz CT molecular complexity index is 1170. The lowest BCUT2D eigenvalue weighted by Crippen LogP contribution is -2.20. The normalized spacial score (nSPS) is 10.5. The van der Waals surface area contributed by atoms with E-state index in [4.69, 9.17) is 9.47 Å². The minimum Gasteiger partial charge on any atom is -0.434 e. The van der Waals surface area contributed by atoms with Crippen LogP contribution >= 0.6 is 0 Å². The summed E-state index contributed by atoms with van der Waals surface area (Å²) < 4.78 is 23.2. The summed E-state index contributed by atoms with van der Waals surface area (Å²) in [7, 11) is 0. The van der Waals surface area contributed by atoms with Gasteiger partial charge in [-0.15, -0.1) is 0 Å². The molecule has 34 heavy (non-hydrogen) atoms. The second-order valence-electron chi connectivity index (χ2n) is 7.03. The van der Waals surface area contributed by atoms with E-state index in [0.717, 1.165) is 5.56 Å². The summed E-state index contributed by atoms with van der Waals surface area (Å²) in [6.07, 6.45) is 1.88. The average Bonchev–Trinajstić information content (AvgIpc) is 2.83. The van der Waals surface area contributed by atoms with E-state index in [0.29, 0.717) is 16.8 Å². The van der Waals surface area contributed by atoms with Gasteiger partial charge in [0.15, 0.2) is 0 Å². The number of hydrogen-bond donors (Lipinski definition) is 2. The van der Waals surface area contributed by atoms with E-state index in [1.165, 1.54) is 42.5 Å². The Balaban J connectivity index is 1.48. The van der Waals surface area contributed by atoms with Crippen LogP contribution in [-0.2, 0) is 16.1 Å². The van der Waals surface area contributed by atoms with Gasteiger partial charge in [-0.1, -0.05) is 30.3 Å². The number of amides is 2. The molecule has 3 aromatic rings. The molecule has 0 saturated heterocycles. The smallest absolute Gasteiger partial charge is 0.434 e. The highest BCUT2D eigenvalue weighted by molar-refractivity contribution is 6.04. The van der Waals surface area contributed by atoms with Gasteiger partial charge in [-0.05, 0) is 61.0 Å². The predicted molar refractivity (Wildman–Crippen MR) is 126 cm³/mol. The van der Waals surface area contributed by atoms with Crippen molar-refractivity contribution in [3.63, 3.8) is 0 Å². The van der Waals surface area contributed by atoms with Crippen LogP contribution in [0.25, 0.3) is 6.08 Å². The van der Waals surface area contributed by atoms with Crippen LogP contribution < -0.4 is 15.4 Å². The Morgan fingerprint density at radius 1 is 0.941 bits per heavy atom. The Kier molecular flexibility index (Phi) is 8.51. The number of carbonyl (C=O) groups excluding carboxylic acids is 3. The van der Waals surface area contributed by atoms with Gasteiger partial charge in [0.25, 0.3) is 5.91 Å². The van der Waals surface area contributed by atoms with Crippen molar-refractivity contribution in [1.29, 1.82) is 0 Å². The Morgan fingerprint density at radius 2 is 1.65 bits per heavy atom. The first-order valence-corrected chi connectivity index (χ1v) is 10.5. The van der Waals surface area contributed by atoms with Gasteiger partial charge >= 0.3 is 6.16 Å². The van der Waals surface area contributed by atoms with Crippen molar-refractivity contribution in [2.75, 3.05) is 11.9 Å². The molecule has 2 N–H and O–H groups in total. The lowest BCUT2D eigenvalue weighted by Gasteiger charge is -2.08. The Morgan fingerprint density at radius 3 is 2.32 bits per heavy atom. The fourth-order valence-corrected chi connectivity index (χ4v) is 2.85. The molecule has 8 heteroatoms. The van der Waals surface area contributed by atoms with E-state index in [1.54, 1.807) is 49.4 Å². The molecule has 0 atom stereocenters. The van der Waals surface area contributed by atoms with Gasteiger partial charge in [-0.25, -0.2) is 9.18 Å². The molecular weight excluding hydrogens is 439 g/mol. The molecule has 0 bridgehead atoms. The number of rotatable bonds is 8. The predicted octanol–water partition coefficient (Wildman–Crippen LogP) is 4.94. The third-order valence-corrected chi connectivity index (χ3v) is 4.58. The molecule has 174 valence electrons. The minimum absolute atomic E-state index is 0.205. The molecule has 0 spiro atoms. The number of carbonyl (C=O) groups is 3. The highest BCUT2D eigenvalue weighted by atomic mass is 19.1. The zero-order valence-corrected chi connectivity index (χ0v) is 18.4. The maximum absolute atomic E-state index is 13.6. The average molecular weight is 462 g/mol.